The molecule has 23 heteroatoms. The molecule has 0 spiro atoms. The maximum Gasteiger partial charge on any atom is 0.246 e. The highest BCUT2D eigenvalue weighted by atomic mass is 16.3. The van der Waals surface area contributed by atoms with Gasteiger partial charge in [-0.05, 0) is 101 Å². The Morgan fingerprint density at radius 2 is 0.895 bits per heavy atom. The van der Waals surface area contributed by atoms with Crippen LogP contribution in [0.25, 0.3) is 0 Å². The highest BCUT2D eigenvalue weighted by molar-refractivity contribution is 5.99. The van der Waals surface area contributed by atoms with E-state index in [9.17, 15) is 48.3 Å². The number of carbonyl (C=O) groups is 11. The van der Waals surface area contributed by atoms with E-state index in [-0.39, 0.29) is 55.8 Å². The topological polar surface area (TPSA) is 279 Å². The Labute approximate surface area is 514 Å². The molecule has 1 rings (SSSR count). The molecule has 1 fully saturated rings. The van der Waals surface area contributed by atoms with Gasteiger partial charge in [0.25, 0.3) is 0 Å². The van der Waals surface area contributed by atoms with Crippen molar-refractivity contribution in [3.05, 3.63) is 24.8 Å². The summed E-state index contributed by atoms with van der Waals surface area (Å²) >= 11 is 0. The van der Waals surface area contributed by atoms with Gasteiger partial charge in [-0.2, -0.15) is 0 Å². The van der Waals surface area contributed by atoms with Crippen LogP contribution in [0.1, 0.15) is 149 Å². The molecule has 23 nitrogen and oxygen atoms in total. The zero-order valence-corrected chi connectivity index (χ0v) is 56.3. The van der Waals surface area contributed by atoms with Crippen LogP contribution in [0.3, 0.4) is 0 Å². The lowest BCUT2D eigenvalue weighted by molar-refractivity contribution is -0.157. The average Bonchev–Trinajstić information content (AvgIpc) is 3.49. The van der Waals surface area contributed by atoms with Gasteiger partial charge in [-0.1, -0.05) is 108 Å². The number of hydrogen-bond donors (Lipinski definition) is 5. The summed E-state index contributed by atoms with van der Waals surface area (Å²) in [4.78, 5) is 169. The molecule has 0 aromatic heterocycles. The lowest BCUT2D eigenvalue weighted by Crippen LogP contribution is -2.63. The summed E-state index contributed by atoms with van der Waals surface area (Å²) in [6.45, 7) is 31.4. The van der Waals surface area contributed by atoms with Crippen molar-refractivity contribution in [2.75, 3.05) is 55.9 Å². The van der Waals surface area contributed by atoms with E-state index in [0.717, 1.165) is 9.80 Å². The first-order chi connectivity index (χ1) is 39.7. The predicted octanol–water partition coefficient (Wildman–Crippen LogP) is 3.44. The first-order valence-electron chi connectivity index (χ1n) is 30.7. The summed E-state index contributed by atoms with van der Waals surface area (Å²) in [6, 6.07) is -12.5. The lowest BCUT2D eigenvalue weighted by Gasteiger charge is -2.41. The number of likely N-dealkylation sites (N-methyl/N-ethyl adjacent to an activating group) is 7. The van der Waals surface area contributed by atoms with Crippen LogP contribution in [0.15, 0.2) is 24.8 Å². The molecular formula is C63H111N11O12. The highest BCUT2D eigenvalue weighted by Gasteiger charge is 2.46. The van der Waals surface area contributed by atoms with Crippen LogP contribution >= 0.6 is 0 Å². The van der Waals surface area contributed by atoms with Crippen molar-refractivity contribution in [1.29, 1.82) is 0 Å². The Kier molecular flexibility index (Phi) is 32.0. The molecule has 490 valence electrons. The van der Waals surface area contributed by atoms with Crippen molar-refractivity contribution in [2.45, 2.75) is 216 Å². The van der Waals surface area contributed by atoms with Crippen molar-refractivity contribution >= 4 is 65.0 Å². The zero-order valence-electron chi connectivity index (χ0n) is 56.3. The summed E-state index contributed by atoms with van der Waals surface area (Å²) in [7, 11) is 9.85. The Hall–Kier alpha value is -6.39. The summed E-state index contributed by atoms with van der Waals surface area (Å²) in [6.07, 6.45) is 4.18. The summed E-state index contributed by atoms with van der Waals surface area (Å²) in [5.74, 6) is -9.95. The number of aliphatic hydroxyl groups excluding tert-OH is 1. The molecule has 0 bridgehead atoms. The van der Waals surface area contributed by atoms with Gasteiger partial charge in [-0.15, -0.1) is 6.58 Å². The minimum atomic E-state index is -1.64. The van der Waals surface area contributed by atoms with E-state index in [4.69, 9.17) is 0 Å². The smallest absolute Gasteiger partial charge is 0.246 e. The van der Waals surface area contributed by atoms with E-state index in [1.54, 1.807) is 53.7 Å². The van der Waals surface area contributed by atoms with Crippen molar-refractivity contribution in [3.8, 4) is 0 Å². The normalized spacial score (nSPS) is 26.7. The van der Waals surface area contributed by atoms with Gasteiger partial charge in [0.15, 0.2) is 0 Å². The van der Waals surface area contributed by atoms with Gasteiger partial charge in [0, 0.05) is 49.3 Å². The molecule has 5 N–H and O–H groups in total. The quantitative estimate of drug-likeness (QED) is 0.139. The SMILES string of the molecule is C=CC[C@H]1NC(=O)[C@H]([C@H](O)[C@H](C)C/C=C/C)N(C)C(=O)[C@@H](C(C)C)N(C)C(=O)[C@H](CC(C)C)N(C)C(=O)[C@H](CC(C)C)N(C)C(=O)[C@@H](C)NC(=O)[C@H](C)NC(=O)[C@@H](CC(C)C)N(C)C(=O)[C@H](C(C)C)NC(=O)[C@H](CC(C)C)N(C)C(=O)CN(C)C1=O. The van der Waals surface area contributed by atoms with Gasteiger partial charge in [0.2, 0.25) is 65.0 Å². The average molecular weight is 1210 g/mol. The van der Waals surface area contributed by atoms with Crippen LogP contribution in [0.5, 0.6) is 0 Å². The van der Waals surface area contributed by atoms with Gasteiger partial charge in [-0.3, -0.25) is 52.7 Å². The van der Waals surface area contributed by atoms with E-state index in [0.29, 0.717) is 6.42 Å². The molecule has 12 atom stereocenters. The van der Waals surface area contributed by atoms with E-state index in [1.165, 1.54) is 93.8 Å². The third-order valence-electron chi connectivity index (χ3n) is 16.1. The van der Waals surface area contributed by atoms with Gasteiger partial charge < -0.3 is 60.7 Å². The molecular weight excluding hydrogens is 1100 g/mol. The number of rotatable bonds is 16. The molecule has 1 aliphatic heterocycles. The third kappa shape index (κ3) is 21.8. The first kappa shape index (κ1) is 77.6. The first-order valence-corrected chi connectivity index (χ1v) is 30.7. The molecule has 0 aliphatic carbocycles. The van der Waals surface area contributed by atoms with E-state index >= 15 is 9.59 Å². The lowest BCUT2D eigenvalue weighted by atomic mass is 9.91. The standard InChI is InChI=1S/C63H111N11O12/c1-25-27-29-41(15)53(76)52-57(80)66-44(28-26-2)59(82)68(18)34-49(75)69(19)45(30-35(3)4)56(79)67-50(39(11)12)62(85)70(20)46(31-36(5)6)55(78)64-42(16)54(77)65-43(17)58(81)71(21)47(32-37(7)8)60(83)72(22)48(33-38(9)10)61(84)73(23)51(40(13)14)63(86)74(52)24/h25-27,35-48,50-53,76H,2,28-34H2,1,3-24H3,(H,64,78)(H,65,77)(H,66,80)(H,67,79)/b27-25+/t41-,42+,43-,44-,45+,46-,47+,48+,50+,51-,52+,53-/m1/s1. The van der Waals surface area contributed by atoms with Crippen LogP contribution in [0, 0.1) is 41.4 Å². The zero-order chi connectivity index (χ0) is 66.7. The van der Waals surface area contributed by atoms with Gasteiger partial charge in [0.05, 0.1) is 12.6 Å². The molecule has 1 aliphatic rings. The van der Waals surface area contributed by atoms with Crippen LogP contribution in [-0.2, 0) is 52.7 Å². The van der Waals surface area contributed by atoms with Crippen LogP contribution in [-0.4, -0.2) is 227 Å². The van der Waals surface area contributed by atoms with Crippen LogP contribution in [0.2, 0.25) is 0 Å². The van der Waals surface area contributed by atoms with E-state index < -0.39 is 156 Å². The number of nitrogens with one attached hydrogen (secondary N) is 4. The number of allylic oxidation sites excluding steroid dienone is 2. The van der Waals surface area contributed by atoms with Crippen molar-refractivity contribution < 1.29 is 57.8 Å². The molecule has 0 saturated carbocycles. The van der Waals surface area contributed by atoms with Gasteiger partial charge in [-0.25, -0.2) is 0 Å². The maximum atomic E-state index is 15.2. The summed E-state index contributed by atoms with van der Waals surface area (Å²) in [5.41, 5.74) is 0. The van der Waals surface area contributed by atoms with Gasteiger partial charge in [0.1, 0.15) is 60.4 Å². The number of carbonyl (C=O) groups excluding carboxylic acids is 11. The fourth-order valence-corrected chi connectivity index (χ4v) is 10.7. The summed E-state index contributed by atoms with van der Waals surface area (Å²) < 4.78 is 0. The summed E-state index contributed by atoms with van der Waals surface area (Å²) in [5, 5.41) is 23.1. The number of nitrogens with zero attached hydrogens (tertiary/aromatic N) is 7. The second kappa shape index (κ2) is 35.4. The fraction of sp³-hybridized carbons (Fsp3) is 0.762. The molecule has 11 amide bonds. The number of aliphatic hydroxyl groups is 1. The minimum absolute atomic E-state index is 0.134. The Morgan fingerprint density at radius 1 is 0.477 bits per heavy atom. The number of hydrogen-bond acceptors (Lipinski definition) is 12. The fourth-order valence-electron chi connectivity index (χ4n) is 10.7. The Morgan fingerprint density at radius 3 is 1.35 bits per heavy atom. The van der Waals surface area contributed by atoms with Crippen molar-refractivity contribution in [2.24, 2.45) is 41.4 Å². The molecule has 0 aromatic carbocycles. The molecule has 0 radical (unpaired) electrons. The second-order valence-corrected chi connectivity index (χ2v) is 26.2. The van der Waals surface area contributed by atoms with E-state index in [1.807, 2.05) is 55.4 Å². The molecule has 1 saturated heterocycles. The minimum Gasteiger partial charge on any atom is -0.390 e. The van der Waals surface area contributed by atoms with E-state index in [2.05, 4.69) is 27.8 Å². The molecule has 0 unspecified atom stereocenters. The molecule has 0 aromatic rings. The van der Waals surface area contributed by atoms with Crippen LogP contribution < -0.4 is 21.3 Å². The molecule has 86 heavy (non-hydrogen) atoms. The van der Waals surface area contributed by atoms with Crippen LogP contribution in [0.4, 0.5) is 0 Å². The van der Waals surface area contributed by atoms with Gasteiger partial charge >= 0.3 is 0 Å². The largest absolute Gasteiger partial charge is 0.390 e. The third-order valence-corrected chi connectivity index (χ3v) is 16.1. The Balaban J connectivity index is 4.36. The van der Waals surface area contributed by atoms with Crippen molar-refractivity contribution in [3.63, 3.8) is 0 Å². The van der Waals surface area contributed by atoms with Crippen molar-refractivity contribution in [1.82, 2.24) is 55.6 Å². The predicted molar refractivity (Wildman–Crippen MR) is 333 cm³/mol. The number of amides is 11. The Bertz CT molecular complexity index is 2380. The molecule has 1 heterocycles. The maximum absolute atomic E-state index is 15.2. The highest BCUT2D eigenvalue weighted by Crippen LogP contribution is 2.26. The monoisotopic (exact) mass is 1210 g/mol. The second-order valence-electron chi connectivity index (χ2n) is 26.2.